The van der Waals surface area contributed by atoms with E-state index in [0.717, 1.165) is 29.5 Å². The second-order valence-electron chi connectivity index (χ2n) is 9.98. The summed E-state index contributed by atoms with van der Waals surface area (Å²) in [6.45, 7) is 10.7. The van der Waals surface area contributed by atoms with E-state index in [1.165, 1.54) is 0 Å². The summed E-state index contributed by atoms with van der Waals surface area (Å²) in [5.74, 6) is -0.749. The number of fused-ring (bicyclic) bond motifs is 1. The lowest BCUT2D eigenvalue weighted by Gasteiger charge is -2.23. The summed E-state index contributed by atoms with van der Waals surface area (Å²) in [6.07, 6.45) is 3.04. The first-order valence-corrected chi connectivity index (χ1v) is 12.6. The van der Waals surface area contributed by atoms with Crippen LogP contribution in [0.3, 0.4) is 0 Å². The van der Waals surface area contributed by atoms with Crippen molar-refractivity contribution in [1.29, 1.82) is 0 Å². The van der Waals surface area contributed by atoms with Gasteiger partial charge in [-0.2, -0.15) is 0 Å². The summed E-state index contributed by atoms with van der Waals surface area (Å²) in [7, 11) is 0. The van der Waals surface area contributed by atoms with E-state index in [0.29, 0.717) is 30.2 Å². The quantitative estimate of drug-likeness (QED) is 0.477. The van der Waals surface area contributed by atoms with Gasteiger partial charge in [-0.1, -0.05) is 38.1 Å². The molecule has 1 aliphatic rings. The summed E-state index contributed by atoms with van der Waals surface area (Å²) >= 11 is 0. The van der Waals surface area contributed by atoms with E-state index in [4.69, 9.17) is 9.73 Å². The zero-order valence-corrected chi connectivity index (χ0v) is 22.1. The van der Waals surface area contributed by atoms with E-state index in [1.807, 2.05) is 43.0 Å². The summed E-state index contributed by atoms with van der Waals surface area (Å²) in [4.78, 5) is 43.8. The maximum absolute atomic E-state index is 13.5. The molecule has 0 saturated heterocycles. The molecule has 0 spiro atoms. The van der Waals surface area contributed by atoms with Crippen LogP contribution < -0.4 is 5.32 Å². The molecule has 0 radical (unpaired) electrons. The monoisotopic (exact) mass is 505 g/mol. The van der Waals surface area contributed by atoms with Crippen LogP contribution in [0.2, 0.25) is 0 Å². The van der Waals surface area contributed by atoms with Gasteiger partial charge in [-0.05, 0) is 69.0 Å². The number of ether oxygens (including phenoxy) is 1. The van der Waals surface area contributed by atoms with E-state index < -0.39 is 17.7 Å². The molecule has 0 saturated carbocycles. The van der Waals surface area contributed by atoms with Gasteiger partial charge in [-0.3, -0.25) is 10.1 Å². The fourth-order valence-electron chi connectivity index (χ4n) is 4.04. The Labute approximate surface area is 218 Å². The molecule has 2 aromatic rings. The van der Waals surface area contributed by atoms with Crippen molar-refractivity contribution < 1.29 is 24.2 Å². The highest BCUT2D eigenvalue weighted by atomic mass is 16.6. The van der Waals surface area contributed by atoms with Gasteiger partial charge in [-0.25, -0.2) is 14.6 Å². The molecule has 0 unspecified atom stereocenters. The Kier molecular flexibility index (Phi) is 8.86. The molecule has 1 heterocycles. The number of aliphatic imine (C=N–C) groups is 1. The number of nitrogens with zero attached hydrogens (tertiary/aromatic N) is 2. The van der Waals surface area contributed by atoms with Crippen molar-refractivity contribution in [2.75, 3.05) is 13.1 Å². The standard InChI is InChI=1S/C29H35N3O5/c1-6-14-32(15-7-2)26(33)23-16-22-13-12-21(19-8-10-20(11-9-19)27(34)35)17-24(22)30-25(18-23)31-28(36)37-29(3,4)5/h8-13,16-17H,6-7,14-15,18H2,1-5H3,(H,34,35)(H,30,31,36). The summed E-state index contributed by atoms with van der Waals surface area (Å²) in [5, 5.41) is 11.9. The largest absolute Gasteiger partial charge is 0.478 e. The number of amidine groups is 1. The van der Waals surface area contributed by atoms with Crippen molar-refractivity contribution in [3.63, 3.8) is 0 Å². The number of carboxylic acids is 1. The molecule has 0 aliphatic carbocycles. The topological polar surface area (TPSA) is 108 Å². The number of rotatable bonds is 7. The van der Waals surface area contributed by atoms with Crippen molar-refractivity contribution in [2.45, 2.75) is 59.5 Å². The summed E-state index contributed by atoms with van der Waals surface area (Å²) < 4.78 is 5.42. The van der Waals surface area contributed by atoms with Gasteiger partial charge in [0.1, 0.15) is 11.4 Å². The lowest BCUT2D eigenvalue weighted by atomic mass is 10.00. The molecule has 2 N–H and O–H groups in total. The molecule has 3 rings (SSSR count). The van der Waals surface area contributed by atoms with Gasteiger partial charge in [0.25, 0.3) is 0 Å². The number of amides is 2. The van der Waals surface area contributed by atoms with E-state index in [2.05, 4.69) is 5.32 Å². The number of carbonyl (C=O) groups is 3. The molecular formula is C29H35N3O5. The molecule has 196 valence electrons. The van der Waals surface area contributed by atoms with Gasteiger partial charge in [0, 0.05) is 30.6 Å². The second-order valence-corrected chi connectivity index (χ2v) is 9.98. The molecule has 2 aromatic carbocycles. The van der Waals surface area contributed by atoms with Gasteiger partial charge in [0.05, 0.1) is 11.3 Å². The maximum Gasteiger partial charge on any atom is 0.413 e. The van der Waals surface area contributed by atoms with Crippen LogP contribution in [-0.4, -0.2) is 52.5 Å². The van der Waals surface area contributed by atoms with Crippen LogP contribution in [0.4, 0.5) is 10.5 Å². The first-order chi connectivity index (χ1) is 17.5. The highest BCUT2D eigenvalue weighted by molar-refractivity contribution is 6.08. The van der Waals surface area contributed by atoms with Crippen LogP contribution in [0.15, 0.2) is 53.0 Å². The number of hydrogen-bond acceptors (Lipinski definition) is 5. The Bertz CT molecular complexity index is 1220. The average molecular weight is 506 g/mol. The predicted molar refractivity (Wildman–Crippen MR) is 145 cm³/mol. The molecule has 2 amide bonds. The minimum atomic E-state index is -0.988. The van der Waals surface area contributed by atoms with Crippen molar-refractivity contribution in [3.8, 4) is 11.1 Å². The number of nitrogens with one attached hydrogen (secondary N) is 1. The molecule has 0 bridgehead atoms. The molecule has 1 aliphatic heterocycles. The minimum absolute atomic E-state index is 0.0800. The van der Waals surface area contributed by atoms with E-state index in [9.17, 15) is 19.5 Å². The summed E-state index contributed by atoms with van der Waals surface area (Å²) in [6, 6.07) is 12.2. The van der Waals surface area contributed by atoms with Crippen LogP contribution in [-0.2, 0) is 9.53 Å². The number of carboxylic acid groups (broad SMARTS) is 1. The van der Waals surface area contributed by atoms with E-state index in [1.54, 1.807) is 45.0 Å². The molecule has 8 heteroatoms. The zero-order valence-electron chi connectivity index (χ0n) is 22.1. The van der Waals surface area contributed by atoms with Crippen molar-refractivity contribution in [3.05, 3.63) is 59.2 Å². The highest BCUT2D eigenvalue weighted by Gasteiger charge is 2.24. The van der Waals surface area contributed by atoms with Crippen molar-refractivity contribution in [2.24, 2.45) is 4.99 Å². The van der Waals surface area contributed by atoms with Crippen molar-refractivity contribution >= 4 is 35.6 Å². The fourth-order valence-corrected chi connectivity index (χ4v) is 4.04. The molecule has 0 fully saturated rings. The second kappa shape index (κ2) is 11.9. The lowest BCUT2D eigenvalue weighted by molar-refractivity contribution is -0.127. The fraction of sp³-hybridized carbons (Fsp3) is 0.379. The first-order valence-electron chi connectivity index (χ1n) is 12.6. The van der Waals surface area contributed by atoms with Gasteiger partial charge >= 0.3 is 12.1 Å². The molecular weight excluding hydrogens is 470 g/mol. The van der Waals surface area contributed by atoms with Gasteiger partial charge < -0.3 is 14.7 Å². The maximum atomic E-state index is 13.5. The Hall–Kier alpha value is -3.94. The third-order valence-corrected chi connectivity index (χ3v) is 5.63. The highest BCUT2D eigenvalue weighted by Crippen LogP contribution is 2.32. The number of aromatic carboxylic acids is 1. The molecule has 0 aromatic heterocycles. The lowest BCUT2D eigenvalue weighted by Crippen LogP contribution is -2.38. The Balaban J connectivity index is 2.03. The number of hydrogen-bond donors (Lipinski definition) is 2. The molecule has 37 heavy (non-hydrogen) atoms. The molecule has 8 nitrogen and oxygen atoms in total. The zero-order chi connectivity index (χ0) is 27.2. The van der Waals surface area contributed by atoms with Crippen LogP contribution in [0.25, 0.3) is 17.2 Å². The third kappa shape index (κ3) is 7.52. The number of alkyl carbamates (subject to hydrolysis) is 1. The number of carbonyl (C=O) groups excluding carboxylic acids is 2. The average Bonchev–Trinajstić information content (AvgIpc) is 3.00. The first kappa shape index (κ1) is 27.6. The minimum Gasteiger partial charge on any atom is -0.478 e. The SMILES string of the molecule is CCCN(CCC)C(=O)C1=Cc2ccc(-c3ccc(C(=O)O)cc3)cc2N=C(NC(=O)OC(C)(C)C)C1. The smallest absolute Gasteiger partial charge is 0.413 e. The normalized spacial score (nSPS) is 13.0. The van der Waals surface area contributed by atoms with E-state index >= 15 is 0 Å². The predicted octanol–water partition coefficient (Wildman–Crippen LogP) is 6.04. The van der Waals surface area contributed by atoms with Gasteiger partial charge in [0.2, 0.25) is 5.91 Å². The Morgan fingerprint density at radius 2 is 1.62 bits per heavy atom. The van der Waals surface area contributed by atoms with Crippen LogP contribution in [0.5, 0.6) is 0 Å². The van der Waals surface area contributed by atoms with Crippen LogP contribution in [0.1, 0.15) is 69.8 Å². The third-order valence-electron chi connectivity index (χ3n) is 5.63. The van der Waals surface area contributed by atoms with Crippen LogP contribution >= 0.6 is 0 Å². The summed E-state index contributed by atoms with van der Waals surface area (Å²) in [5.41, 5.74) is 3.05. The van der Waals surface area contributed by atoms with Crippen LogP contribution in [0, 0.1) is 0 Å². The van der Waals surface area contributed by atoms with Crippen molar-refractivity contribution in [1.82, 2.24) is 10.2 Å². The molecule has 0 atom stereocenters. The number of benzene rings is 2. The van der Waals surface area contributed by atoms with Gasteiger partial charge in [-0.15, -0.1) is 0 Å². The Morgan fingerprint density at radius 1 is 1.00 bits per heavy atom. The van der Waals surface area contributed by atoms with E-state index in [-0.39, 0.29) is 17.9 Å². The van der Waals surface area contributed by atoms with Gasteiger partial charge in [0.15, 0.2) is 0 Å². The Morgan fingerprint density at radius 3 is 2.19 bits per heavy atom.